The Kier molecular flexibility index (Phi) is 11.9. The molecule has 0 aliphatic rings. The number of Topliss-reactive ketones (excluding diaryl/α,β-unsaturated/α-hetero) is 1. The van der Waals surface area contributed by atoms with Crippen molar-refractivity contribution in [3.8, 4) is 0 Å². The van der Waals surface area contributed by atoms with E-state index in [0.717, 1.165) is 40.7 Å². The number of carbonyl (C=O) groups is 2. The first kappa shape index (κ1) is 27.2. The van der Waals surface area contributed by atoms with Gasteiger partial charge in [0.25, 0.3) is 5.91 Å². The highest BCUT2D eigenvalue weighted by Crippen LogP contribution is 2.17. The fourth-order valence-corrected chi connectivity index (χ4v) is 3.35. The molecule has 0 unspecified atom stereocenters. The van der Waals surface area contributed by atoms with Gasteiger partial charge < -0.3 is 10.2 Å². The fourth-order valence-electron chi connectivity index (χ4n) is 2.90. The van der Waals surface area contributed by atoms with Gasteiger partial charge in [0.2, 0.25) is 0 Å². The minimum absolute atomic E-state index is 0. The summed E-state index contributed by atoms with van der Waals surface area (Å²) in [4.78, 5) is 26.6. The van der Waals surface area contributed by atoms with Gasteiger partial charge in [0, 0.05) is 28.6 Å². The minimum Gasteiger partial charge on any atom is -0.332 e. The molecule has 2 N–H and O–H groups in total. The molecule has 0 radical (unpaired) electrons. The molecule has 0 aromatic heterocycles. The normalized spacial score (nSPS) is 10.4. The van der Waals surface area contributed by atoms with Gasteiger partial charge >= 0.3 is 0 Å². The molecule has 8 heteroatoms. The van der Waals surface area contributed by atoms with Crippen LogP contribution in [0.15, 0.2) is 46.9 Å². The average molecular weight is 527 g/mol. The van der Waals surface area contributed by atoms with Gasteiger partial charge in [0.05, 0.1) is 0 Å². The van der Waals surface area contributed by atoms with Crippen molar-refractivity contribution in [3.63, 3.8) is 0 Å². The van der Waals surface area contributed by atoms with Crippen LogP contribution < -0.4 is 10.6 Å². The second kappa shape index (κ2) is 13.6. The molecule has 0 spiro atoms. The van der Waals surface area contributed by atoms with E-state index in [9.17, 15) is 9.59 Å². The first-order valence-electron chi connectivity index (χ1n) is 9.88. The number of nitrogens with one attached hydrogen (secondary N) is 2. The molecule has 0 saturated carbocycles. The molecule has 2 aromatic rings. The van der Waals surface area contributed by atoms with Crippen LogP contribution in [-0.4, -0.2) is 42.3 Å². The van der Waals surface area contributed by atoms with Crippen LogP contribution in [0, 0.1) is 6.92 Å². The Labute approximate surface area is 204 Å². The monoisotopic (exact) mass is 525 g/mol. The Hall–Kier alpha value is -1.80. The molecule has 2 rings (SSSR count). The molecule has 1 amide bonds. The van der Waals surface area contributed by atoms with Gasteiger partial charge in [-0.25, -0.2) is 0 Å². The van der Waals surface area contributed by atoms with Crippen molar-refractivity contribution < 1.29 is 9.59 Å². The third-order valence-electron chi connectivity index (χ3n) is 4.57. The Morgan fingerprint density at radius 2 is 1.74 bits per heavy atom. The summed E-state index contributed by atoms with van der Waals surface area (Å²) in [5, 5.41) is 5.91. The Bertz CT molecular complexity index is 904. The Morgan fingerprint density at radius 1 is 1.06 bits per heavy atom. The number of unbranched alkanes of at least 4 members (excludes halogenated alkanes) is 1. The number of rotatable bonds is 9. The molecule has 0 saturated heterocycles. The molecule has 0 atom stereocenters. The van der Waals surface area contributed by atoms with Crippen molar-refractivity contribution in [2.24, 2.45) is 0 Å². The van der Waals surface area contributed by atoms with Crippen LogP contribution in [0.1, 0.15) is 40.7 Å². The van der Waals surface area contributed by atoms with E-state index in [-0.39, 0.29) is 29.2 Å². The number of amides is 1. The average Bonchev–Trinajstić information content (AvgIpc) is 2.68. The molecular weight excluding hydrogens is 498 g/mol. The van der Waals surface area contributed by atoms with Crippen molar-refractivity contribution in [2.75, 3.05) is 26.0 Å². The summed E-state index contributed by atoms with van der Waals surface area (Å²) in [6.45, 7) is 2.93. The lowest BCUT2D eigenvalue weighted by molar-refractivity contribution is -0.118. The van der Waals surface area contributed by atoms with Gasteiger partial charge in [-0.2, -0.15) is 0 Å². The molecule has 0 fully saturated rings. The van der Waals surface area contributed by atoms with E-state index < -0.39 is 0 Å². The van der Waals surface area contributed by atoms with Crippen LogP contribution in [0.25, 0.3) is 0 Å². The number of anilines is 1. The van der Waals surface area contributed by atoms with Crippen molar-refractivity contribution in [3.05, 3.63) is 63.6 Å². The van der Waals surface area contributed by atoms with Crippen LogP contribution in [0.5, 0.6) is 0 Å². The van der Waals surface area contributed by atoms with Gasteiger partial charge in [-0.1, -0.05) is 28.1 Å². The van der Waals surface area contributed by atoms with Gasteiger partial charge in [0.15, 0.2) is 5.11 Å². The third kappa shape index (κ3) is 9.91. The van der Waals surface area contributed by atoms with Crippen molar-refractivity contribution in [1.82, 2.24) is 10.2 Å². The summed E-state index contributed by atoms with van der Waals surface area (Å²) in [5.41, 5.74) is 3.25. The summed E-state index contributed by atoms with van der Waals surface area (Å²) < 4.78 is 0.951. The van der Waals surface area contributed by atoms with E-state index in [1.54, 1.807) is 12.1 Å². The molecule has 0 aliphatic heterocycles. The maximum absolute atomic E-state index is 12.3. The van der Waals surface area contributed by atoms with E-state index in [4.69, 9.17) is 12.2 Å². The summed E-state index contributed by atoms with van der Waals surface area (Å²) >= 11 is 8.66. The highest BCUT2D eigenvalue weighted by atomic mass is 79.9. The molecular formula is C23H29BrClN3O2S. The number of ketones is 1. The smallest absolute Gasteiger partial charge is 0.257 e. The zero-order chi connectivity index (χ0) is 22.1. The summed E-state index contributed by atoms with van der Waals surface area (Å²) in [6.07, 6.45) is 3.00. The van der Waals surface area contributed by atoms with Crippen molar-refractivity contribution in [2.45, 2.75) is 32.6 Å². The predicted octanol–water partition coefficient (Wildman–Crippen LogP) is 5.15. The van der Waals surface area contributed by atoms with Crippen LogP contribution in [0.4, 0.5) is 5.69 Å². The first-order chi connectivity index (χ1) is 14.2. The number of benzene rings is 2. The Balaban J connectivity index is 0.00000480. The molecule has 0 bridgehead atoms. The SMILES string of the molecule is Cc1cc(C(=O)NC(=S)Nc2ccc(CC(=O)CCCCN(C)C)cc2)ccc1Br.Cl. The second-order valence-electron chi connectivity index (χ2n) is 7.54. The molecule has 31 heavy (non-hydrogen) atoms. The highest BCUT2D eigenvalue weighted by Gasteiger charge is 2.10. The second-order valence-corrected chi connectivity index (χ2v) is 8.81. The Morgan fingerprint density at radius 3 is 2.35 bits per heavy atom. The zero-order valence-corrected chi connectivity index (χ0v) is 21.3. The van der Waals surface area contributed by atoms with E-state index >= 15 is 0 Å². The standard InChI is InChI=1S/C23H28BrN3O2S.ClH/c1-16-14-18(9-12-21(16)24)22(29)26-23(30)25-19-10-7-17(8-11-19)15-20(28)6-4-5-13-27(2)3;/h7-12,14H,4-6,13,15H2,1-3H3,(H2,25,26,29,30);1H. The largest absolute Gasteiger partial charge is 0.332 e. The van der Waals surface area contributed by atoms with Gasteiger partial charge in [-0.05, 0) is 94.1 Å². The van der Waals surface area contributed by atoms with Crippen molar-refractivity contribution >= 4 is 63.0 Å². The number of hydrogen-bond donors (Lipinski definition) is 2. The number of carbonyl (C=O) groups excluding carboxylic acids is 2. The van der Waals surface area contributed by atoms with Crippen LogP contribution in [0.3, 0.4) is 0 Å². The van der Waals surface area contributed by atoms with Crippen molar-refractivity contribution in [1.29, 1.82) is 0 Å². The molecule has 0 aliphatic carbocycles. The number of nitrogens with zero attached hydrogens (tertiary/aromatic N) is 1. The number of thiocarbonyl (C=S) groups is 1. The summed E-state index contributed by atoms with van der Waals surface area (Å²) in [7, 11) is 4.08. The topological polar surface area (TPSA) is 61.4 Å². The first-order valence-corrected chi connectivity index (χ1v) is 11.1. The lowest BCUT2D eigenvalue weighted by Crippen LogP contribution is -2.34. The van der Waals surface area contributed by atoms with E-state index in [0.29, 0.717) is 18.4 Å². The van der Waals surface area contributed by atoms with E-state index in [2.05, 4.69) is 31.5 Å². The lowest BCUT2D eigenvalue weighted by atomic mass is 10.0. The van der Waals surface area contributed by atoms with E-state index in [1.165, 1.54) is 0 Å². The third-order valence-corrected chi connectivity index (χ3v) is 5.67. The van der Waals surface area contributed by atoms with E-state index in [1.807, 2.05) is 51.4 Å². The van der Waals surface area contributed by atoms with Gasteiger partial charge in [-0.3, -0.25) is 14.9 Å². The predicted molar refractivity (Wildman–Crippen MR) is 137 cm³/mol. The number of hydrogen-bond acceptors (Lipinski definition) is 4. The zero-order valence-electron chi connectivity index (χ0n) is 18.0. The quantitative estimate of drug-likeness (QED) is 0.350. The maximum atomic E-state index is 12.3. The molecule has 5 nitrogen and oxygen atoms in total. The molecule has 2 aromatic carbocycles. The fraction of sp³-hybridized carbons (Fsp3) is 0.348. The molecule has 168 valence electrons. The van der Waals surface area contributed by atoms with Gasteiger partial charge in [0.1, 0.15) is 5.78 Å². The lowest BCUT2D eigenvalue weighted by Gasteiger charge is -2.11. The summed E-state index contributed by atoms with van der Waals surface area (Å²) in [6, 6.07) is 12.9. The van der Waals surface area contributed by atoms with Crippen LogP contribution in [-0.2, 0) is 11.2 Å². The summed E-state index contributed by atoms with van der Waals surface area (Å²) in [5.74, 6) is -0.0124. The number of halogens is 2. The maximum Gasteiger partial charge on any atom is 0.257 e. The highest BCUT2D eigenvalue weighted by molar-refractivity contribution is 9.10. The van der Waals surface area contributed by atoms with Crippen LogP contribution >= 0.6 is 40.6 Å². The van der Waals surface area contributed by atoms with Crippen LogP contribution in [0.2, 0.25) is 0 Å². The van der Waals surface area contributed by atoms with Gasteiger partial charge in [-0.15, -0.1) is 12.4 Å². The number of aryl methyl sites for hydroxylation is 1. The molecule has 0 heterocycles. The minimum atomic E-state index is -0.264.